The monoisotopic (exact) mass is 749 g/mol. The van der Waals surface area contributed by atoms with Crippen LogP contribution in [0.4, 0.5) is 15.8 Å². The summed E-state index contributed by atoms with van der Waals surface area (Å²) in [5, 5.41) is 8.28. The van der Waals surface area contributed by atoms with Crippen LogP contribution in [-0.2, 0) is 33.8 Å². The van der Waals surface area contributed by atoms with Crippen molar-refractivity contribution in [1.29, 1.82) is 0 Å². The van der Waals surface area contributed by atoms with Crippen molar-refractivity contribution in [3.8, 4) is 0 Å². The van der Waals surface area contributed by atoms with Crippen LogP contribution in [0.15, 0.2) is 53.6 Å². The van der Waals surface area contributed by atoms with E-state index in [0.717, 1.165) is 71.5 Å². The number of pyridine rings is 3. The number of halogens is 1. The van der Waals surface area contributed by atoms with Gasteiger partial charge in [-0.1, -0.05) is 6.92 Å². The first-order chi connectivity index (χ1) is 26.5. The van der Waals surface area contributed by atoms with Crippen molar-refractivity contribution in [3.63, 3.8) is 0 Å². The largest absolute Gasteiger partial charge is 0.380 e. The Labute approximate surface area is 314 Å². The average Bonchev–Trinajstić information content (AvgIpc) is 3.15. The van der Waals surface area contributed by atoms with Crippen molar-refractivity contribution in [2.24, 2.45) is 0 Å². The molecule has 16 heteroatoms. The second kappa shape index (κ2) is 14.7. The molecule has 8 rings (SSSR count). The molecule has 1 aliphatic carbocycles. The first kappa shape index (κ1) is 36.0. The molecular formula is C39H40FN9O6. The Kier molecular flexibility index (Phi) is 9.59. The molecular weight excluding hydrogens is 709 g/mol. The number of aromatic nitrogens is 3. The van der Waals surface area contributed by atoms with Gasteiger partial charge in [0.25, 0.3) is 17.4 Å². The van der Waals surface area contributed by atoms with Gasteiger partial charge in [0.15, 0.2) is 0 Å². The molecule has 3 aromatic heterocycles. The van der Waals surface area contributed by atoms with Crippen molar-refractivity contribution in [2.75, 3.05) is 36.4 Å². The highest BCUT2D eigenvalue weighted by atomic mass is 19.1. The van der Waals surface area contributed by atoms with Gasteiger partial charge in [0.1, 0.15) is 17.6 Å². The Morgan fingerprint density at radius 3 is 2.49 bits per heavy atom. The minimum Gasteiger partial charge on any atom is -0.380 e. The summed E-state index contributed by atoms with van der Waals surface area (Å²) in [6.07, 6.45) is 4.98. The maximum absolute atomic E-state index is 15.1. The first-order valence-electron chi connectivity index (χ1n) is 18.6. The topological polar surface area (TPSA) is 190 Å². The number of carbonyl (C=O) groups excluding carboxylic acids is 5. The van der Waals surface area contributed by atoms with Gasteiger partial charge in [-0.2, -0.15) is 0 Å². The molecule has 55 heavy (non-hydrogen) atoms. The highest BCUT2D eigenvalue weighted by Gasteiger charge is 2.43. The van der Waals surface area contributed by atoms with E-state index in [1.807, 2.05) is 31.3 Å². The SMILES string of the molecule is CCc1cc2ncc(CN3CCN(c4ccc(C(=O)N[C@H]5C[C@H](Nc6c(F)ccc7c6CC(=O)N(C6CCC(=O)NC6=O)C7=O)C5)nc4)CC3)cc2[nH]c1=O. The summed E-state index contributed by atoms with van der Waals surface area (Å²) in [6, 6.07) is 8.41. The lowest BCUT2D eigenvalue weighted by Crippen LogP contribution is -2.58. The van der Waals surface area contributed by atoms with Crippen LogP contribution in [-0.4, -0.2) is 98.6 Å². The van der Waals surface area contributed by atoms with E-state index in [1.54, 1.807) is 12.3 Å². The maximum Gasteiger partial charge on any atom is 0.270 e. The molecule has 1 unspecified atom stereocenters. The zero-order chi connectivity index (χ0) is 38.4. The Balaban J connectivity index is 0.817. The standard InChI is InChI=1S/C39H40FN9O6/c1-2-22-14-30-31(45-36(22)52)13-21(18-41-30)20-47-9-11-48(12-10-47)25-3-6-29(42-19-25)37(53)44-24-15-23(16-24)43-35-27-17-34(51)49(32-7-8-33(50)46-38(32)54)39(55)26(27)4-5-28(35)40/h3-6,13-14,18-19,23-24,32,43H,2,7-12,15-17,20H2,1H3,(H,44,53)(H,45,52)(H,46,50,54)/t23-,24-,32?. The number of fused-ring (bicyclic) bond motifs is 2. The zero-order valence-electron chi connectivity index (χ0n) is 30.2. The van der Waals surface area contributed by atoms with Crippen LogP contribution in [0.3, 0.4) is 0 Å². The lowest BCUT2D eigenvalue weighted by molar-refractivity contribution is -0.143. The highest BCUT2D eigenvalue weighted by Crippen LogP contribution is 2.34. The third-order valence-electron chi connectivity index (χ3n) is 11.0. The second-order valence-electron chi connectivity index (χ2n) is 14.6. The van der Waals surface area contributed by atoms with E-state index in [4.69, 9.17) is 0 Å². The quantitative estimate of drug-likeness (QED) is 0.183. The summed E-state index contributed by atoms with van der Waals surface area (Å²) in [7, 11) is 0. The summed E-state index contributed by atoms with van der Waals surface area (Å²) in [5.74, 6) is -3.44. The van der Waals surface area contributed by atoms with Gasteiger partial charge in [-0.15, -0.1) is 0 Å². The van der Waals surface area contributed by atoms with E-state index in [1.165, 1.54) is 6.07 Å². The molecule has 1 aromatic carbocycles. The molecule has 0 radical (unpaired) electrons. The second-order valence-corrected chi connectivity index (χ2v) is 14.6. The van der Waals surface area contributed by atoms with Gasteiger partial charge in [-0.25, -0.2) is 9.37 Å². The van der Waals surface area contributed by atoms with Crippen molar-refractivity contribution < 1.29 is 28.4 Å². The number of aryl methyl sites for hydroxylation is 1. The van der Waals surface area contributed by atoms with Gasteiger partial charge < -0.3 is 20.5 Å². The molecule has 1 atom stereocenters. The van der Waals surface area contributed by atoms with Crippen LogP contribution in [0.5, 0.6) is 0 Å². The minimum atomic E-state index is -1.10. The predicted molar refractivity (Wildman–Crippen MR) is 199 cm³/mol. The van der Waals surface area contributed by atoms with Gasteiger partial charge in [0, 0.05) is 74.1 Å². The van der Waals surface area contributed by atoms with Crippen LogP contribution in [0.1, 0.15) is 70.1 Å². The van der Waals surface area contributed by atoms with Crippen LogP contribution in [0.2, 0.25) is 0 Å². The zero-order valence-corrected chi connectivity index (χ0v) is 30.2. The molecule has 15 nitrogen and oxygen atoms in total. The van der Waals surface area contributed by atoms with Crippen molar-refractivity contribution in [2.45, 2.75) is 70.1 Å². The number of nitrogens with zero attached hydrogens (tertiary/aromatic N) is 5. The number of benzene rings is 1. The third-order valence-corrected chi connectivity index (χ3v) is 11.0. The first-order valence-corrected chi connectivity index (χ1v) is 18.6. The highest BCUT2D eigenvalue weighted by molar-refractivity contribution is 6.14. The number of rotatable bonds is 9. The fourth-order valence-electron chi connectivity index (χ4n) is 7.85. The van der Waals surface area contributed by atoms with Crippen LogP contribution in [0.25, 0.3) is 11.0 Å². The van der Waals surface area contributed by atoms with Crippen LogP contribution in [0, 0.1) is 5.82 Å². The third kappa shape index (κ3) is 7.16. The number of anilines is 2. The van der Waals surface area contributed by atoms with E-state index in [2.05, 4.69) is 40.7 Å². The summed E-state index contributed by atoms with van der Waals surface area (Å²) < 4.78 is 15.1. The van der Waals surface area contributed by atoms with E-state index >= 15 is 4.39 Å². The molecule has 2 saturated heterocycles. The molecule has 3 fully saturated rings. The van der Waals surface area contributed by atoms with E-state index in [0.29, 0.717) is 19.3 Å². The Morgan fingerprint density at radius 1 is 0.964 bits per heavy atom. The number of amides is 5. The molecule has 0 spiro atoms. The van der Waals surface area contributed by atoms with Crippen molar-refractivity contribution in [3.05, 3.63) is 92.9 Å². The molecule has 6 heterocycles. The van der Waals surface area contributed by atoms with E-state index in [9.17, 15) is 28.8 Å². The lowest BCUT2D eigenvalue weighted by Gasteiger charge is -2.39. The Bertz CT molecular complexity index is 2280. The number of aromatic amines is 1. The number of hydrogen-bond donors (Lipinski definition) is 4. The minimum absolute atomic E-state index is 0.00862. The van der Waals surface area contributed by atoms with Gasteiger partial charge in [-0.05, 0) is 67.6 Å². The predicted octanol–water partition coefficient (Wildman–Crippen LogP) is 2.04. The summed E-state index contributed by atoms with van der Waals surface area (Å²) in [5.41, 5.74) is 4.82. The summed E-state index contributed by atoms with van der Waals surface area (Å²) in [6.45, 7) is 5.89. The molecule has 4 aliphatic rings. The normalized spacial score (nSPS) is 21.6. The van der Waals surface area contributed by atoms with Gasteiger partial charge >= 0.3 is 0 Å². The Morgan fingerprint density at radius 2 is 1.76 bits per heavy atom. The molecule has 0 bridgehead atoms. The number of H-pyrrole nitrogens is 1. The molecule has 4 aromatic rings. The number of piperidine rings is 1. The Hall–Kier alpha value is -6.03. The number of piperazine rings is 1. The van der Waals surface area contributed by atoms with E-state index < -0.39 is 35.5 Å². The fraction of sp³-hybridized carbons (Fsp3) is 0.385. The molecule has 4 N–H and O–H groups in total. The molecule has 5 amide bonds. The molecule has 3 aliphatic heterocycles. The van der Waals surface area contributed by atoms with E-state index in [-0.39, 0.29) is 65.3 Å². The summed E-state index contributed by atoms with van der Waals surface area (Å²) in [4.78, 5) is 93.1. The van der Waals surface area contributed by atoms with Crippen LogP contribution >= 0.6 is 0 Å². The van der Waals surface area contributed by atoms with Crippen molar-refractivity contribution in [1.82, 2.24) is 35.4 Å². The fourth-order valence-corrected chi connectivity index (χ4v) is 7.85. The van der Waals surface area contributed by atoms with Gasteiger partial charge in [0.05, 0.1) is 35.0 Å². The molecule has 284 valence electrons. The van der Waals surface area contributed by atoms with Crippen LogP contribution < -0.4 is 26.4 Å². The van der Waals surface area contributed by atoms with Crippen molar-refractivity contribution >= 4 is 51.9 Å². The van der Waals surface area contributed by atoms with Gasteiger partial charge in [-0.3, -0.25) is 48.9 Å². The smallest absolute Gasteiger partial charge is 0.270 e. The lowest BCUT2D eigenvalue weighted by atomic mass is 9.85. The number of hydrogen-bond acceptors (Lipinski definition) is 11. The maximum atomic E-state index is 15.1. The number of nitrogens with one attached hydrogen (secondary N) is 4. The average molecular weight is 750 g/mol. The number of imide groups is 2. The molecule has 1 saturated carbocycles. The summed E-state index contributed by atoms with van der Waals surface area (Å²) >= 11 is 0. The number of carbonyl (C=O) groups is 5. The van der Waals surface area contributed by atoms with Gasteiger partial charge in [0.2, 0.25) is 17.7 Å².